The topological polar surface area (TPSA) is 64.7 Å². The Balaban J connectivity index is 1.50. The number of rotatable bonds is 7. The average Bonchev–Trinajstić information content (AvgIpc) is 3.23. The van der Waals surface area contributed by atoms with Crippen molar-refractivity contribution in [2.45, 2.75) is 19.3 Å². The molecule has 1 aliphatic carbocycles. The molecule has 2 rings (SSSR count). The molecule has 2 amide bonds. The number of piperazine rings is 1. The highest BCUT2D eigenvalue weighted by Crippen LogP contribution is 2.27. The van der Waals surface area contributed by atoms with Crippen molar-refractivity contribution in [2.75, 3.05) is 52.9 Å². The van der Waals surface area contributed by atoms with Crippen molar-refractivity contribution in [1.82, 2.24) is 20.4 Å². The minimum atomic E-state index is -0.0168. The molecule has 2 N–H and O–H groups in total. The van der Waals surface area contributed by atoms with Crippen LogP contribution in [0.25, 0.3) is 0 Å². The zero-order chi connectivity index (χ0) is 14.4. The van der Waals surface area contributed by atoms with Crippen molar-refractivity contribution < 1.29 is 9.59 Å². The number of hydrogen-bond donors (Lipinski definition) is 2. The van der Waals surface area contributed by atoms with Gasteiger partial charge in [0.15, 0.2) is 0 Å². The van der Waals surface area contributed by atoms with Gasteiger partial charge in [-0.05, 0) is 32.4 Å². The van der Waals surface area contributed by atoms with Gasteiger partial charge in [0.25, 0.3) is 0 Å². The van der Waals surface area contributed by atoms with Gasteiger partial charge >= 0.3 is 0 Å². The Labute approximate surface area is 120 Å². The van der Waals surface area contributed by atoms with Crippen LogP contribution in [-0.2, 0) is 9.59 Å². The normalized spacial score (nSPS) is 19.9. The SMILES string of the molecule is CN1CCN(C(=O)CCNC(=O)CNCC2CC2)CC1. The highest BCUT2D eigenvalue weighted by molar-refractivity contribution is 5.80. The van der Waals surface area contributed by atoms with Gasteiger partial charge in [0, 0.05) is 39.1 Å². The second-order valence-corrected chi connectivity index (χ2v) is 5.86. The third-order valence-electron chi connectivity index (χ3n) is 3.93. The lowest BCUT2D eigenvalue weighted by Crippen LogP contribution is -2.47. The number of amides is 2. The standard InChI is InChI=1S/C14H26N4O2/c1-17-6-8-18(9-7-17)14(20)4-5-16-13(19)11-15-10-12-2-3-12/h12,15H,2-11H2,1H3,(H,16,19). The lowest BCUT2D eigenvalue weighted by molar-refractivity contribution is -0.132. The molecule has 114 valence electrons. The van der Waals surface area contributed by atoms with Crippen molar-refractivity contribution in [3.8, 4) is 0 Å². The lowest BCUT2D eigenvalue weighted by atomic mass is 10.3. The smallest absolute Gasteiger partial charge is 0.233 e. The van der Waals surface area contributed by atoms with Crippen LogP contribution in [0.4, 0.5) is 0 Å². The predicted molar refractivity (Wildman–Crippen MR) is 77.3 cm³/mol. The highest BCUT2D eigenvalue weighted by atomic mass is 16.2. The van der Waals surface area contributed by atoms with Gasteiger partial charge in [-0.25, -0.2) is 0 Å². The van der Waals surface area contributed by atoms with Crippen LogP contribution < -0.4 is 10.6 Å². The maximum absolute atomic E-state index is 11.9. The molecule has 6 nitrogen and oxygen atoms in total. The maximum Gasteiger partial charge on any atom is 0.233 e. The first-order valence-corrected chi connectivity index (χ1v) is 7.59. The number of nitrogens with one attached hydrogen (secondary N) is 2. The molecule has 0 spiro atoms. The van der Waals surface area contributed by atoms with Crippen LogP contribution in [0, 0.1) is 5.92 Å². The van der Waals surface area contributed by atoms with E-state index in [2.05, 4.69) is 22.6 Å². The van der Waals surface area contributed by atoms with Crippen LogP contribution in [0.5, 0.6) is 0 Å². The van der Waals surface area contributed by atoms with Crippen molar-refractivity contribution in [2.24, 2.45) is 5.92 Å². The lowest BCUT2D eigenvalue weighted by Gasteiger charge is -2.32. The van der Waals surface area contributed by atoms with Gasteiger partial charge in [-0.1, -0.05) is 0 Å². The zero-order valence-electron chi connectivity index (χ0n) is 12.4. The van der Waals surface area contributed by atoms with Crippen LogP contribution >= 0.6 is 0 Å². The van der Waals surface area contributed by atoms with Crippen molar-refractivity contribution in [3.63, 3.8) is 0 Å². The number of carbonyl (C=O) groups excluding carboxylic acids is 2. The van der Waals surface area contributed by atoms with Crippen LogP contribution in [0.3, 0.4) is 0 Å². The highest BCUT2D eigenvalue weighted by Gasteiger charge is 2.21. The molecule has 2 aliphatic rings. The average molecular weight is 282 g/mol. The van der Waals surface area contributed by atoms with Gasteiger partial charge in [-0.3, -0.25) is 9.59 Å². The Bertz CT molecular complexity index is 336. The van der Waals surface area contributed by atoms with Crippen molar-refractivity contribution >= 4 is 11.8 Å². The molecular weight excluding hydrogens is 256 g/mol. The first-order valence-electron chi connectivity index (χ1n) is 7.59. The van der Waals surface area contributed by atoms with Crippen LogP contribution in [0.2, 0.25) is 0 Å². The van der Waals surface area contributed by atoms with E-state index < -0.39 is 0 Å². The van der Waals surface area contributed by atoms with Gasteiger partial charge in [0.2, 0.25) is 11.8 Å². The summed E-state index contributed by atoms with van der Waals surface area (Å²) in [6.07, 6.45) is 2.97. The Kier molecular flexibility index (Phi) is 5.79. The third kappa shape index (κ3) is 5.46. The molecule has 0 aromatic carbocycles. The summed E-state index contributed by atoms with van der Waals surface area (Å²) in [4.78, 5) is 27.6. The molecule has 0 unspecified atom stereocenters. The fourth-order valence-electron chi connectivity index (χ4n) is 2.30. The van der Waals surface area contributed by atoms with Gasteiger partial charge in [-0.15, -0.1) is 0 Å². The monoisotopic (exact) mass is 282 g/mol. The van der Waals surface area contributed by atoms with E-state index in [1.54, 1.807) is 0 Å². The summed E-state index contributed by atoms with van der Waals surface area (Å²) in [7, 11) is 2.07. The summed E-state index contributed by atoms with van der Waals surface area (Å²) in [5.74, 6) is 0.905. The fraction of sp³-hybridized carbons (Fsp3) is 0.857. The van der Waals surface area contributed by atoms with E-state index >= 15 is 0 Å². The number of likely N-dealkylation sites (N-methyl/N-ethyl adjacent to an activating group) is 1. The Hall–Kier alpha value is -1.14. The maximum atomic E-state index is 11.9. The molecule has 0 bridgehead atoms. The molecule has 0 atom stereocenters. The molecule has 20 heavy (non-hydrogen) atoms. The zero-order valence-corrected chi connectivity index (χ0v) is 12.4. The Morgan fingerprint density at radius 2 is 1.85 bits per heavy atom. The molecule has 1 aliphatic heterocycles. The van der Waals surface area contributed by atoms with Crippen LogP contribution in [0.15, 0.2) is 0 Å². The van der Waals surface area contributed by atoms with E-state index in [1.165, 1.54) is 12.8 Å². The van der Waals surface area contributed by atoms with Gasteiger partial charge in [0.05, 0.1) is 6.54 Å². The molecule has 0 aromatic heterocycles. The van der Waals surface area contributed by atoms with Gasteiger partial charge in [-0.2, -0.15) is 0 Å². The van der Waals surface area contributed by atoms with Crippen LogP contribution in [-0.4, -0.2) is 74.5 Å². The minimum Gasteiger partial charge on any atom is -0.354 e. The van der Waals surface area contributed by atoms with Crippen molar-refractivity contribution in [3.05, 3.63) is 0 Å². The summed E-state index contributed by atoms with van der Waals surface area (Å²) in [6, 6.07) is 0. The quantitative estimate of drug-likeness (QED) is 0.646. The van der Waals surface area contributed by atoms with Gasteiger partial charge in [0.1, 0.15) is 0 Å². The van der Waals surface area contributed by atoms with Crippen molar-refractivity contribution in [1.29, 1.82) is 0 Å². The second-order valence-electron chi connectivity index (χ2n) is 5.86. The molecule has 1 heterocycles. The van der Waals surface area contributed by atoms with Crippen LogP contribution in [0.1, 0.15) is 19.3 Å². The molecule has 1 saturated heterocycles. The molecule has 6 heteroatoms. The van der Waals surface area contributed by atoms with E-state index in [-0.39, 0.29) is 11.8 Å². The summed E-state index contributed by atoms with van der Waals surface area (Å²) in [5, 5.41) is 5.94. The fourth-order valence-corrected chi connectivity index (χ4v) is 2.30. The predicted octanol–water partition coefficient (Wildman–Crippen LogP) is -0.734. The van der Waals surface area contributed by atoms with E-state index in [9.17, 15) is 9.59 Å². The summed E-state index contributed by atoms with van der Waals surface area (Å²) < 4.78 is 0. The third-order valence-corrected chi connectivity index (χ3v) is 3.93. The van der Waals surface area contributed by atoms with E-state index in [0.717, 1.165) is 38.6 Å². The van der Waals surface area contributed by atoms with E-state index in [0.29, 0.717) is 19.5 Å². The molecule has 2 fully saturated rings. The molecule has 1 saturated carbocycles. The number of nitrogens with zero attached hydrogens (tertiary/aromatic N) is 2. The van der Waals surface area contributed by atoms with Gasteiger partial charge < -0.3 is 20.4 Å². The summed E-state index contributed by atoms with van der Waals surface area (Å²) in [6.45, 7) is 5.20. The Morgan fingerprint density at radius 1 is 1.15 bits per heavy atom. The molecular formula is C14H26N4O2. The van der Waals surface area contributed by atoms with E-state index in [1.807, 2.05) is 4.90 Å². The molecule has 0 radical (unpaired) electrons. The molecule has 0 aromatic rings. The number of carbonyl (C=O) groups is 2. The first-order chi connectivity index (χ1) is 9.65. The first kappa shape index (κ1) is 15.3. The summed E-state index contributed by atoms with van der Waals surface area (Å²) >= 11 is 0. The summed E-state index contributed by atoms with van der Waals surface area (Å²) in [5.41, 5.74) is 0. The minimum absolute atomic E-state index is 0.0168. The number of hydrogen-bond acceptors (Lipinski definition) is 4. The second kappa shape index (κ2) is 7.59. The Morgan fingerprint density at radius 3 is 2.50 bits per heavy atom. The van der Waals surface area contributed by atoms with E-state index in [4.69, 9.17) is 0 Å². The largest absolute Gasteiger partial charge is 0.354 e.